The van der Waals surface area contributed by atoms with E-state index in [0.29, 0.717) is 12.2 Å². The molecule has 28 heavy (non-hydrogen) atoms. The number of hydrogen-bond donors (Lipinski definition) is 1. The van der Waals surface area contributed by atoms with Crippen LogP contribution in [-0.4, -0.2) is 29.5 Å². The van der Waals surface area contributed by atoms with Crippen molar-refractivity contribution in [2.45, 2.75) is 20.0 Å². The van der Waals surface area contributed by atoms with Crippen LogP contribution in [0.2, 0.25) is 0 Å². The van der Waals surface area contributed by atoms with Crippen molar-refractivity contribution in [1.29, 1.82) is 0 Å². The molecule has 3 aromatic rings. The van der Waals surface area contributed by atoms with Gasteiger partial charge in [0.05, 0.1) is 7.11 Å². The molecule has 0 fully saturated rings. The smallest absolute Gasteiger partial charge is 0.270 e. The zero-order chi connectivity index (χ0) is 19.8. The van der Waals surface area contributed by atoms with Gasteiger partial charge >= 0.3 is 0 Å². The minimum atomic E-state index is -0.227. The molecule has 1 N–H and O–H groups in total. The molecular formula is C22H24N4O2. The summed E-state index contributed by atoms with van der Waals surface area (Å²) in [5, 5.41) is 2.90. The number of carbonyl (C=O) groups excluding carboxylic acids is 1. The highest BCUT2D eigenvalue weighted by molar-refractivity contribution is 5.92. The lowest BCUT2D eigenvalue weighted by Gasteiger charge is -2.22. The second kappa shape index (κ2) is 9.50. The summed E-state index contributed by atoms with van der Waals surface area (Å²) in [6.07, 6.45) is 1.44. The van der Waals surface area contributed by atoms with Gasteiger partial charge in [-0.25, -0.2) is 9.97 Å². The number of anilines is 1. The summed E-state index contributed by atoms with van der Waals surface area (Å²) in [6.45, 7) is 3.98. The van der Waals surface area contributed by atoms with Gasteiger partial charge in [0, 0.05) is 25.7 Å². The largest absolute Gasteiger partial charge is 0.497 e. The van der Waals surface area contributed by atoms with Gasteiger partial charge in [-0.1, -0.05) is 42.5 Å². The van der Waals surface area contributed by atoms with E-state index in [4.69, 9.17) is 4.74 Å². The van der Waals surface area contributed by atoms with Crippen LogP contribution < -0.4 is 15.0 Å². The number of methoxy groups -OCH3 is 1. The Morgan fingerprint density at radius 2 is 1.79 bits per heavy atom. The maximum absolute atomic E-state index is 12.5. The number of amides is 1. The fraction of sp³-hybridized carbons (Fsp3) is 0.227. The number of ether oxygens (including phenoxy) is 1. The van der Waals surface area contributed by atoms with E-state index in [1.165, 1.54) is 11.9 Å². The van der Waals surface area contributed by atoms with Crippen molar-refractivity contribution < 1.29 is 9.53 Å². The number of rotatable bonds is 8. The Hall–Kier alpha value is -3.41. The second-order valence-electron chi connectivity index (χ2n) is 6.29. The van der Waals surface area contributed by atoms with Crippen molar-refractivity contribution in [1.82, 2.24) is 15.3 Å². The standard InChI is InChI=1S/C22H24N4O2/c1-3-26(15-18-7-5-4-6-8-18)21-13-20(24-16-25-21)22(27)23-14-17-9-11-19(28-2)12-10-17/h4-13,16H,3,14-15H2,1-2H3,(H,23,27). The van der Waals surface area contributed by atoms with Crippen LogP contribution in [0.1, 0.15) is 28.5 Å². The molecule has 6 nitrogen and oxygen atoms in total. The lowest BCUT2D eigenvalue weighted by Crippen LogP contribution is -2.26. The van der Waals surface area contributed by atoms with E-state index in [2.05, 4.69) is 39.2 Å². The van der Waals surface area contributed by atoms with Crippen LogP contribution in [0, 0.1) is 0 Å². The molecule has 0 radical (unpaired) electrons. The highest BCUT2D eigenvalue weighted by Crippen LogP contribution is 2.15. The van der Waals surface area contributed by atoms with Crippen molar-refractivity contribution in [3.8, 4) is 5.75 Å². The molecule has 6 heteroatoms. The van der Waals surface area contributed by atoms with E-state index in [1.807, 2.05) is 42.5 Å². The molecule has 3 rings (SSSR count). The van der Waals surface area contributed by atoms with E-state index in [9.17, 15) is 4.79 Å². The Kier molecular flexibility index (Phi) is 6.57. The van der Waals surface area contributed by atoms with Crippen molar-refractivity contribution >= 4 is 11.7 Å². The molecule has 0 saturated carbocycles. The Morgan fingerprint density at radius 1 is 1.04 bits per heavy atom. The second-order valence-corrected chi connectivity index (χ2v) is 6.29. The third kappa shape index (κ3) is 5.07. The highest BCUT2D eigenvalue weighted by atomic mass is 16.5. The first kappa shape index (κ1) is 19.4. The van der Waals surface area contributed by atoms with Crippen molar-refractivity contribution in [3.63, 3.8) is 0 Å². The fourth-order valence-electron chi connectivity index (χ4n) is 2.82. The Balaban J connectivity index is 1.66. The summed E-state index contributed by atoms with van der Waals surface area (Å²) in [7, 11) is 1.63. The van der Waals surface area contributed by atoms with Crippen LogP contribution in [0.3, 0.4) is 0 Å². The quantitative estimate of drug-likeness (QED) is 0.652. The van der Waals surface area contributed by atoms with E-state index in [0.717, 1.165) is 30.2 Å². The maximum atomic E-state index is 12.5. The molecule has 0 aliphatic carbocycles. The number of benzene rings is 2. The monoisotopic (exact) mass is 376 g/mol. The minimum Gasteiger partial charge on any atom is -0.497 e. The molecule has 0 aliphatic rings. The van der Waals surface area contributed by atoms with E-state index in [-0.39, 0.29) is 5.91 Å². The average Bonchev–Trinajstić information content (AvgIpc) is 2.77. The third-order valence-corrected chi connectivity index (χ3v) is 4.42. The number of aromatic nitrogens is 2. The molecular weight excluding hydrogens is 352 g/mol. The van der Waals surface area contributed by atoms with Gasteiger partial charge in [0.1, 0.15) is 23.6 Å². The van der Waals surface area contributed by atoms with Gasteiger partial charge in [-0.05, 0) is 30.2 Å². The summed E-state index contributed by atoms with van der Waals surface area (Å²) >= 11 is 0. The summed E-state index contributed by atoms with van der Waals surface area (Å²) in [5.41, 5.74) is 2.53. The predicted octanol–water partition coefficient (Wildman–Crippen LogP) is 3.44. The lowest BCUT2D eigenvalue weighted by molar-refractivity contribution is 0.0945. The van der Waals surface area contributed by atoms with Crippen LogP contribution >= 0.6 is 0 Å². The Labute approximate surface area is 165 Å². The normalized spacial score (nSPS) is 10.4. The van der Waals surface area contributed by atoms with E-state index < -0.39 is 0 Å². The summed E-state index contributed by atoms with van der Waals surface area (Å²) in [4.78, 5) is 23.1. The van der Waals surface area contributed by atoms with Crippen molar-refractivity contribution in [3.05, 3.63) is 83.8 Å². The van der Waals surface area contributed by atoms with Crippen LogP contribution in [-0.2, 0) is 13.1 Å². The van der Waals surface area contributed by atoms with Crippen molar-refractivity contribution in [2.24, 2.45) is 0 Å². The van der Waals surface area contributed by atoms with E-state index in [1.54, 1.807) is 13.2 Å². The molecule has 0 saturated heterocycles. The molecule has 0 atom stereocenters. The van der Waals surface area contributed by atoms with Gasteiger partial charge in [-0.3, -0.25) is 4.79 Å². The summed E-state index contributed by atoms with van der Waals surface area (Å²) in [6, 6.07) is 19.5. The van der Waals surface area contributed by atoms with Gasteiger partial charge in [-0.15, -0.1) is 0 Å². The molecule has 2 aromatic carbocycles. The molecule has 0 unspecified atom stereocenters. The lowest BCUT2D eigenvalue weighted by atomic mass is 10.2. The first-order valence-corrected chi connectivity index (χ1v) is 9.21. The number of carbonyl (C=O) groups is 1. The molecule has 1 aromatic heterocycles. The molecule has 0 aliphatic heterocycles. The fourth-order valence-corrected chi connectivity index (χ4v) is 2.82. The predicted molar refractivity (Wildman–Crippen MR) is 109 cm³/mol. The van der Waals surface area contributed by atoms with Crippen LogP contribution in [0.15, 0.2) is 67.0 Å². The molecule has 0 spiro atoms. The van der Waals surface area contributed by atoms with Gasteiger partial charge in [-0.2, -0.15) is 0 Å². The third-order valence-electron chi connectivity index (χ3n) is 4.42. The first-order valence-electron chi connectivity index (χ1n) is 9.21. The average molecular weight is 376 g/mol. The van der Waals surface area contributed by atoms with Crippen LogP contribution in [0.5, 0.6) is 5.75 Å². The summed E-state index contributed by atoms with van der Waals surface area (Å²) in [5.74, 6) is 1.29. The molecule has 144 valence electrons. The molecule has 1 heterocycles. The number of hydrogen-bond acceptors (Lipinski definition) is 5. The maximum Gasteiger partial charge on any atom is 0.270 e. The minimum absolute atomic E-state index is 0.227. The zero-order valence-corrected chi connectivity index (χ0v) is 16.1. The SMILES string of the molecule is CCN(Cc1ccccc1)c1cc(C(=O)NCc2ccc(OC)cc2)ncn1. The summed E-state index contributed by atoms with van der Waals surface area (Å²) < 4.78 is 5.14. The Morgan fingerprint density at radius 3 is 2.46 bits per heavy atom. The molecule has 1 amide bonds. The number of nitrogens with zero attached hydrogens (tertiary/aromatic N) is 3. The van der Waals surface area contributed by atoms with Gasteiger partial charge in [0.2, 0.25) is 0 Å². The van der Waals surface area contributed by atoms with Crippen LogP contribution in [0.25, 0.3) is 0 Å². The van der Waals surface area contributed by atoms with Gasteiger partial charge < -0.3 is 15.0 Å². The van der Waals surface area contributed by atoms with Crippen molar-refractivity contribution in [2.75, 3.05) is 18.6 Å². The van der Waals surface area contributed by atoms with Gasteiger partial charge in [0.25, 0.3) is 5.91 Å². The molecule has 0 bridgehead atoms. The number of nitrogens with one attached hydrogen (secondary N) is 1. The zero-order valence-electron chi connectivity index (χ0n) is 16.1. The Bertz CT molecular complexity index is 898. The topological polar surface area (TPSA) is 67.4 Å². The van der Waals surface area contributed by atoms with E-state index >= 15 is 0 Å². The van der Waals surface area contributed by atoms with Crippen LogP contribution in [0.4, 0.5) is 5.82 Å². The first-order chi connectivity index (χ1) is 13.7. The highest BCUT2D eigenvalue weighted by Gasteiger charge is 2.12. The van der Waals surface area contributed by atoms with Gasteiger partial charge in [0.15, 0.2) is 0 Å².